The molecule has 1 aromatic heterocycles. The molecule has 0 saturated carbocycles. The highest BCUT2D eigenvalue weighted by atomic mass is 15.0. The average molecular weight is 206 g/mol. The average Bonchev–Trinajstić information content (AvgIpc) is 2.17. The number of nitrogen functional groups attached to an aromatic ring is 1. The second kappa shape index (κ2) is 4.14. The molecule has 0 amide bonds. The molecule has 2 rings (SSSR count). The van der Waals surface area contributed by atoms with Gasteiger partial charge in [0.05, 0.1) is 0 Å². The van der Waals surface area contributed by atoms with Gasteiger partial charge < -0.3 is 11.1 Å². The minimum Gasteiger partial charge on any atom is -0.368 e. The van der Waals surface area contributed by atoms with Crippen LogP contribution in [0.5, 0.6) is 0 Å². The van der Waals surface area contributed by atoms with Crippen molar-refractivity contribution < 1.29 is 0 Å². The fourth-order valence-electron chi connectivity index (χ4n) is 2.45. The SMILES string of the molecule is Cc1nc(N)nc(C)c1C1CCNCC1. The maximum atomic E-state index is 5.62. The van der Waals surface area contributed by atoms with Gasteiger partial charge in [-0.15, -0.1) is 0 Å². The van der Waals surface area contributed by atoms with E-state index in [4.69, 9.17) is 5.73 Å². The molecule has 82 valence electrons. The minimum absolute atomic E-state index is 0.391. The molecule has 15 heavy (non-hydrogen) atoms. The van der Waals surface area contributed by atoms with Crippen molar-refractivity contribution in [1.29, 1.82) is 0 Å². The summed E-state index contributed by atoms with van der Waals surface area (Å²) < 4.78 is 0. The summed E-state index contributed by atoms with van der Waals surface area (Å²) in [5.74, 6) is 0.995. The smallest absolute Gasteiger partial charge is 0.220 e. The Labute approximate surface area is 90.3 Å². The van der Waals surface area contributed by atoms with Crippen molar-refractivity contribution in [3.63, 3.8) is 0 Å². The summed E-state index contributed by atoms with van der Waals surface area (Å²) in [5, 5.41) is 3.37. The third kappa shape index (κ3) is 2.09. The molecule has 0 aromatic carbocycles. The molecule has 3 N–H and O–H groups in total. The monoisotopic (exact) mass is 206 g/mol. The number of rotatable bonds is 1. The molecule has 4 heteroatoms. The lowest BCUT2D eigenvalue weighted by Crippen LogP contribution is -2.27. The van der Waals surface area contributed by atoms with Gasteiger partial charge in [-0.25, -0.2) is 9.97 Å². The zero-order valence-corrected chi connectivity index (χ0v) is 9.38. The fourth-order valence-corrected chi connectivity index (χ4v) is 2.45. The summed E-state index contributed by atoms with van der Waals surface area (Å²) in [6, 6.07) is 0. The Hall–Kier alpha value is -1.16. The lowest BCUT2D eigenvalue weighted by Gasteiger charge is -2.25. The van der Waals surface area contributed by atoms with Crippen LogP contribution in [0.2, 0.25) is 0 Å². The van der Waals surface area contributed by atoms with Crippen molar-refractivity contribution in [2.75, 3.05) is 18.8 Å². The number of aryl methyl sites for hydroxylation is 2. The van der Waals surface area contributed by atoms with Crippen molar-refractivity contribution in [2.45, 2.75) is 32.6 Å². The maximum absolute atomic E-state index is 5.62. The molecule has 1 aliphatic heterocycles. The maximum Gasteiger partial charge on any atom is 0.220 e. The summed E-state index contributed by atoms with van der Waals surface area (Å²) in [6.07, 6.45) is 2.35. The van der Waals surface area contributed by atoms with E-state index in [2.05, 4.69) is 15.3 Å². The summed E-state index contributed by atoms with van der Waals surface area (Å²) in [5.41, 5.74) is 9.03. The Balaban J connectivity index is 2.33. The second-order valence-corrected chi connectivity index (χ2v) is 4.19. The Morgan fingerprint density at radius 1 is 1.13 bits per heavy atom. The number of nitrogens with two attached hydrogens (primary N) is 1. The normalized spacial score (nSPS) is 18.0. The van der Waals surface area contributed by atoms with Crippen LogP contribution < -0.4 is 11.1 Å². The van der Waals surface area contributed by atoms with E-state index in [1.165, 1.54) is 18.4 Å². The Morgan fingerprint density at radius 2 is 1.67 bits per heavy atom. The molecule has 0 atom stereocenters. The number of nitrogens with zero attached hydrogens (tertiary/aromatic N) is 2. The Morgan fingerprint density at radius 3 is 2.20 bits per heavy atom. The van der Waals surface area contributed by atoms with E-state index in [0.29, 0.717) is 11.9 Å². The van der Waals surface area contributed by atoms with Crippen LogP contribution in [0.1, 0.15) is 35.7 Å². The highest BCUT2D eigenvalue weighted by molar-refractivity contribution is 5.33. The van der Waals surface area contributed by atoms with E-state index in [1.54, 1.807) is 0 Å². The molecule has 1 aliphatic rings. The third-order valence-electron chi connectivity index (χ3n) is 3.09. The summed E-state index contributed by atoms with van der Waals surface area (Å²) >= 11 is 0. The van der Waals surface area contributed by atoms with Crippen LogP contribution in [0, 0.1) is 13.8 Å². The lowest BCUT2D eigenvalue weighted by molar-refractivity contribution is 0.455. The van der Waals surface area contributed by atoms with Crippen molar-refractivity contribution >= 4 is 5.95 Å². The Bertz CT molecular complexity index is 333. The van der Waals surface area contributed by atoms with E-state index in [9.17, 15) is 0 Å². The van der Waals surface area contributed by atoms with Crippen LogP contribution in [-0.4, -0.2) is 23.1 Å². The van der Waals surface area contributed by atoms with Crippen LogP contribution in [0.25, 0.3) is 0 Å². The third-order valence-corrected chi connectivity index (χ3v) is 3.09. The number of aromatic nitrogens is 2. The van der Waals surface area contributed by atoms with Gasteiger partial charge in [0.25, 0.3) is 0 Å². The van der Waals surface area contributed by atoms with Gasteiger partial charge in [-0.3, -0.25) is 0 Å². The van der Waals surface area contributed by atoms with Crippen molar-refractivity contribution in [3.8, 4) is 0 Å². The quantitative estimate of drug-likeness (QED) is 0.723. The molecule has 1 aromatic rings. The zero-order chi connectivity index (χ0) is 10.8. The number of hydrogen-bond donors (Lipinski definition) is 2. The lowest BCUT2D eigenvalue weighted by atomic mass is 9.88. The standard InChI is InChI=1S/C11H18N4/c1-7-10(8(2)15-11(12)14-7)9-3-5-13-6-4-9/h9,13H,3-6H2,1-2H3,(H2,12,14,15). The second-order valence-electron chi connectivity index (χ2n) is 4.19. The van der Waals surface area contributed by atoms with Crippen molar-refractivity contribution in [3.05, 3.63) is 17.0 Å². The van der Waals surface area contributed by atoms with E-state index in [-0.39, 0.29) is 0 Å². The van der Waals surface area contributed by atoms with Gasteiger partial charge in [-0.1, -0.05) is 0 Å². The van der Waals surface area contributed by atoms with Crippen molar-refractivity contribution in [2.24, 2.45) is 0 Å². The highest BCUT2D eigenvalue weighted by Gasteiger charge is 2.20. The van der Waals surface area contributed by atoms with Gasteiger partial charge in [-0.05, 0) is 51.3 Å². The first kappa shape index (κ1) is 10.4. The summed E-state index contributed by atoms with van der Waals surface area (Å²) in [4.78, 5) is 8.51. The van der Waals surface area contributed by atoms with E-state index < -0.39 is 0 Å². The topological polar surface area (TPSA) is 63.8 Å². The van der Waals surface area contributed by atoms with Gasteiger partial charge in [0, 0.05) is 11.4 Å². The molecule has 4 nitrogen and oxygen atoms in total. The van der Waals surface area contributed by atoms with Crippen LogP contribution in [0.4, 0.5) is 5.95 Å². The molecule has 0 spiro atoms. The van der Waals surface area contributed by atoms with Gasteiger partial charge >= 0.3 is 0 Å². The van der Waals surface area contributed by atoms with Crippen LogP contribution in [0.3, 0.4) is 0 Å². The van der Waals surface area contributed by atoms with Crippen LogP contribution >= 0.6 is 0 Å². The van der Waals surface area contributed by atoms with E-state index >= 15 is 0 Å². The molecular formula is C11H18N4. The van der Waals surface area contributed by atoms with Gasteiger partial charge in [-0.2, -0.15) is 0 Å². The predicted octanol–water partition coefficient (Wildman–Crippen LogP) is 1.14. The van der Waals surface area contributed by atoms with Crippen LogP contribution in [-0.2, 0) is 0 Å². The zero-order valence-electron chi connectivity index (χ0n) is 9.38. The number of anilines is 1. The highest BCUT2D eigenvalue weighted by Crippen LogP contribution is 2.29. The number of nitrogens with one attached hydrogen (secondary N) is 1. The molecular weight excluding hydrogens is 188 g/mol. The molecule has 0 unspecified atom stereocenters. The first-order valence-electron chi connectivity index (χ1n) is 5.50. The first-order chi connectivity index (χ1) is 7.18. The number of piperidine rings is 1. The summed E-state index contributed by atoms with van der Waals surface area (Å²) in [7, 11) is 0. The molecule has 0 radical (unpaired) electrons. The van der Waals surface area contributed by atoms with Gasteiger partial charge in [0.15, 0.2) is 0 Å². The molecule has 0 bridgehead atoms. The van der Waals surface area contributed by atoms with E-state index in [1.807, 2.05) is 13.8 Å². The van der Waals surface area contributed by atoms with Crippen molar-refractivity contribution in [1.82, 2.24) is 15.3 Å². The van der Waals surface area contributed by atoms with Crippen LogP contribution in [0.15, 0.2) is 0 Å². The van der Waals surface area contributed by atoms with Gasteiger partial charge in [0.1, 0.15) is 0 Å². The number of hydrogen-bond acceptors (Lipinski definition) is 4. The fraction of sp³-hybridized carbons (Fsp3) is 0.636. The Kier molecular flexibility index (Phi) is 2.86. The molecule has 0 aliphatic carbocycles. The minimum atomic E-state index is 0.391. The van der Waals surface area contributed by atoms with E-state index in [0.717, 1.165) is 24.5 Å². The first-order valence-corrected chi connectivity index (χ1v) is 5.50. The molecule has 1 fully saturated rings. The molecule has 2 heterocycles. The largest absolute Gasteiger partial charge is 0.368 e. The van der Waals surface area contributed by atoms with Gasteiger partial charge in [0.2, 0.25) is 5.95 Å². The summed E-state index contributed by atoms with van der Waals surface area (Å²) in [6.45, 7) is 6.24. The predicted molar refractivity (Wildman–Crippen MR) is 60.8 cm³/mol. The molecule has 1 saturated heterocycles.